The first-order valence-corrected chi connectivity index (χ1v) is 4.40. The smallest absolute Gasteiger partial charge is 0.354 e. The van der Waals surface area contributed by atoms with Crippen LogP contribution in [0.25, 0.3) is 0 Å². The van der Waals surface area contributed by atoms with E-state index in [9.17, 15) is 4.79 Å². The first-order chi connectivity index (χ1) is 7.18. The number of aromatic nitrogens is 4. The van der Waals surface area contributed by atoms with E-state index in [1.807, 2.05) is 11.6 Å². The van der Waals surface area contributed by atoms with Crippen LogP contribution in [0.3, 0.4) is 0 Å². The number of carboxylic acid groups (broad SMARTS) is 1. The standard InChI is InChI=1S/C9H10N4O2/c1-12-5-4-10-8(12)6-13-7(9(14)15)2-3-11-13/h2-5H,6H2,1H3,(H,14,15). The number of aryl methyl sites for hydroxylation is 1. The summed E-state index contributed by atoms with van der Waals surface area (Å²) < 4.78 is 3.23. The fourth-order valence-electron chi connectivity index (χ4n) is 1.32. The molecule has 0 aromatic carbocycles. The van der Waals surface area contributed by atoms with Crippen LogP contribution >= 0.6 is 0 Å². The molecule has 0 atom stereocenters. The zero-order valence-electron chi connectivity index (χ0n) is 8.16. The number of imidazole rings is 1. The maximum Gasteiger partial charge on any atom is 0.354 e. The van der Waals surface area contributed by atoms with Crippen molar-refractivity contribution >= 4 is 5.97 Å². The topological polar surface area (TPSA) is 72.9 Å². The molecule has 0 fully saturated rings. The third-order valence-corrected chi connectivity index (χ3v) is 2.15. The van der Waals surface area contributed by atoms with Gasteiger partial charge in [0.1, 0.15) is 18.1 Å². The lowest BCUT2D eigenvalue weighted by atomic mass is 10.4. The van der Waals surface area contributed by atoms with Gasteiger partial charge in [-0.05, 0) is 6.07 Å². The zero-order chi connectivity index (χ0) is 10.8. The minimum Gasteiger partial charge on any atom is -0.477 e. The molecule has 0 bridgehead atoms. The third-order valence-electron chi connectivity index (χ3n) is 2.15. The van der Waals surface area contributed by atoms with E-state index in [-0.39, 0.29) is 5.69 Å². The number of hydrogen-bond donors (Lipinski definition) is 1. The van der Waals surface area contributed by atoms with Crippen molar-refractivity contribution in [3.05, 3.63) is 36.2 Å². The Bertz CT molecular complexity index is 486. The van der Waals surface area contributed by atoms with Crippen molar-refractivity contribution in [2.24, 2.45) is 7.05 Å². The van der Waals surface area contributed by atoms with Crippen molar-refractivity contribution in [1.82, 2.24) is 19.3 Å². The highest BCUT2D eigenvalue weighted by Gasteiger charge is 2.11. The number of carbonyl (C=O) groups is 1. The molecule has 2 rings (SSSR count). The van der Waals surface area contributed by atoms with Crippen LogP contribution in [0, 0.1) is 0 Å². The van der Waals surface area contributed by atoms with E-state index < -0.39 is 5.97 Å². The minimum absolute atomic E-state index is 0.165. The summed E-state index contributed by atoms with van der Waals surface area (Å²) in [7, 11) is 1.85. The highest BCUT2D eigenvalue weighted by molar-refractivity contribution is 5.85. The minimum atomic E-state index is -0.985. The van der Waals surface area contributed by atoms with E-state index in [0.29, 0.717) is 6.54 Å². The van der Waals surface area contributed by atoms with Crippen LogP contribution < -0.4 is 0 Å². The van der Waals surface area contributed by atoms with Gasteiger partial charge >= 0.3 is 5.97 Å². The Balaban J connectivity index is 2.28. The van der Waals surface area contributed by atoms with E-state index in [1.165, 1.54) is 16.9 Å². The van der Waals surface area contributed by atoms with Gasteiger partial charge in [-0.2, -0.15) is 5.10 Å². The highest BCUT2D eigenvalue weighted by atomic mass is 16.4. The molecule has 0 radical (unpaired) electrons. The van der Waals surface area contributed by atoms with Crippen molar-refractivity contribution < 1.29 is 9.90 Å². The maximum absolute atomic E-state index is 10.8. The molecule has 15 heavy (non-hydrogen) atoms. The molecule has 2 heterocycles. The van der Waals surface area contributed by atoms with Crippen LogP contribution in [0.2, 0.25) is 0 Å². The number of nitrogens with zero attached hydrogens (tertiary/aromatic N) is 4. The molecule has 0 saturated heterocycles. The molecular weight excluding hydrogens is 196 g/mol. The van der Waals surface area contributed by atoms with Crippen molar-refractivity contribution in [3.8, 4) is 0 Å². The van der Waals surface area contributed by atoms with Crippen LogP contribution in [0.1, 0.15) is 16.3 Å². The second-order valence-electron chi connectivity index (χ2n) is 3.13. The Hall–Kier alpha value is -2.11. The van der Waals surface area contributed by atoms with Gasteiger partial charge < -0.3 is 9.67 Å². The van der Waals surface area contributed by atoms with Gasteiger partial charge in [-0.15, -0.1) is 0 Å². The van der Waals surface area contributed by atoms with Crippen molar-refractivity contribution in [3.63, 3.8) is 0 Å². The molecule has 0 spiro atoms. The summed E-state index contributed by atoms with van der Waals surface area (Å²) in [4.78, 5) is 14.9. The van der Waals surface area contributed by atoms with E-state index >= 15 is 0 Å². The highest BCUT2D eigenvalue weighted by Crippen LogP contribution is 2.03. The van der Waals surface area contributed by atoms with Crippen LogP contribution in [-0.4, -0.2) is 30.4 Å². The molecule has 78 valence electrons. The molecule has 2 aromatic heterocycles. The van der Waals surface area contributed by atoms with Gasteiger partial charge in [0.05, 0.1) is 0 Å². The second-order valence-corrected chi connectivity index (χ2v) is 3.13. The SMILES string of the molecule is Cn1ccnc1Cn1nccc1C(=O)O. The lowest BCUT2D eigenvalue weighted by molar-refractivity contribution is 0.0684. The number of aromatic carboxylic acids is 1. The maximum atomic E-state index is 10.8. The molecule has 1 N–H and O–H groups in total. The summed E-state index contributed by atoms with van der Waals surface area (Å²) in [6.45, 7) is 0.359. The molecular formula is C9H10N4O2. The lowest BCUT2D eigenvalue weighted by Gasteiger charge is -2.04. The van der Waals surface area contributed by atoms with Crippen LogP contribution in [0.4, 0.5) is 0 Å². The fourth-order valence-corrected chi connectivity index (χ4v) is 1.32. The zero-order valence-corrected chi connectivity index (χ0v) is 8.16. The van der Waals surface area contributed by atoms with E-state index in [1.54, 1.807) is 12.4 Å². The van der Waals surface area contributed by atoms with Crippen molar-refractivity contribution in [1.29, 1.82) is 0 Å². The lowest BCUT2D eigenvalue weighted by Crippen LogP contribution is -2.13. The first kappa shape index (κ1) is 9.45. The van der Waals surface area contributed by atoms with E-state index in [2.05, 4.69) is 10.1 Å². The molecule has 0 amide bonds. The Morgan fingerprint density at radius 1 is 1.53 bits per heavy atom. The number of hydrogen-bond acceptors (Lipinski definition) is 3. The molecule has 0 aliphatic heterocycles. The van der Waals surface area contributed by atoms with Gasteiger partial charge in [-0.1, -0.05) is 0 Å². The average Bonchev–Trinajstić information content (AvgIpc) is 2.77. The van der Waals surface area contributed by atoms with Crippen molar-refractivity contribution in [2.75, 3.05) is 0 Å². The van der Waals surface area contributed by atoms with Gasteiger partial charge in [0.15, 0.2) is 0 Å². The molecule has 0 aliphatic carbocycles. The molecule has 2 aromatic rings. The monoisotopic (exact) mass is 206 g/mol. The number of carboxylic acids is 1. The largest absolute Gasteiger partial charge is 0.477 e. The van der Waals surface area contributed by atoms with Gasteiger partial charge in [0, 0.05) is 25.6 Å². The first-order valence-electron chi connectivity index (χ1n) is 4.40. The Morgan fingerprint density at radius 2 is 2.33 bits per heavy atom. The summed E-state index contributed by atoms with van der Waals surface area (Å²) in [6, 6.07) is 1.46. The second kappa shape index (κ2) is 3.56. The van der Waals surface area contributed by atoms with Gasteiger partial charge in [0.25, 0.3) is 0 Å². The Morgan fingerprint density at radius 3 is 2.93 bits per heavy atom. The van der Waals surface area contributed by atoms with Crippen LogP contribution in [0.15, 0.2) is 24.7 Å². The van der Waals surface area contributed by atoms with Crippen LogP contribution in [-0.2, 0) is 13.6 Å². The summed E-state index contributed by atoms with van der Waals surface area (Å²) in [5.74, 6) is -0.220. The third kappa shape index (κ3) is 1.74. The average molecular weight is 206 g/mol. The van der Waals surface area contributed by atoms with E-state index in [4.69, 9.17) is 5.11 Å². The predicted molar refractivity (Wildman–Crippen MR) is 51.5 cm³/mol. The van der Waals surface area contributed by atoms with Crippen LogP contribution in [0.5, 0.6) is 0 Å². The quantitative estimate of drug-likeness (QED) is 0.787. The Labute approximate surface area is 85.8 Å². The molecule has 0 unspecified atom stereocenters. The molecule has 0 aliphatic rings. The predicted octanol–water partition coefficient (Wildman–Crippen LogP) is 0.363. The van der Waals surface area contributed by atoms with E-state index in [0.717, 1.165) is 5.82 Å². The summed E-state index contributed by atoms with van der Waals surface area (Å²) in [5.41, 5.74) is 0.165. The molecule has 6 nitrogen and oxygen atoms in total. The molecule has 6 heteroatoms. The summed E-state index contributed by atoms with van der Waals surface area (Å²) in [5, 5.41) is 12.8. The van der Waals surface area contributed by atoms with Gasteiger partial charge in [0.2, 0.25) is 0 Å². The fraction of sp³-hybridized carbons (Fsp3) is 0.222. The normalized spacial score (nSPS) is 10.5. The molecule has 0 saturated carbocycles. The van der Waals surface area contributed by atoms with Gasteiger partial charge in [-0.3, -0.25) is 4.68 Å². The summed E-state index contributed by atoms with van der Waals surface area (Å²) in [6.07, 6.45) is 4.94. The summed E-state index contributed by atoms with van der Waals surface area (Å²) >= 11 is 0. The Kier molecular flexibility index (Phi) is 2.24. The van der Waals surface area contributed by atoms with Gasteiger partial charge in [-0.25, -0.2) is 9.78 Å². The van der Waals surface area contributed by atoms with Crippen molar-refractivity contribution in [2.45, 2.75) is 6.54 Å². The number of rotatable bonds is 3.